The van der Waals surface area contributed by atoms with Crippen molar-refractivity contribution in [2.45, 2.75) is 11.8 Å². The molecular formula is C11H15FN2O2S. The Kier molecular flexibility index (Phi) is 4.62. The van der Waals surface area contributed by atoms with Gasteiger partial charge in [-0.1, -0.05) is 0 Å². The van der Waals surface area contributed by atoms with E-state index in [2.05, 4.69) is 0 Å². The lowest BCUT2D eigenvalue weighted by Gasteiger charge is -2.14. The van der Waals surface area contributed by atoms with Crippen molar-refractivity contribution >= 4 is 22.4 Å². The van der Waals surface area contributed by atoms with Crippen LogP contribution in [0.2, 0.25) is 0 Å². The molecule has 17 heavy (non-hydrogen) atoms. The fraction of sp³-hybridized carbons (Fsp3) is 0.364. The Morgan fingerprint density at radius 2 is 2.18 bits per heavy atom. The Balaban J connectivity index is 2.80. The topological polar surface area (TPSA) is 63.4 Å². The summed E-state index contributed by atoms with van der Waals surface area (Å²) in [6, 6.07) is 3.62. The second-order valence-electron chi connectivity index (χ2n) is 3.58. The Labute approximate surface area is 102 Å². The number of carbonyl (C=O) groups excluding carboxylic acids is 1. The Morgan fingerprint density at radius 1 is 1.53 bits per heavy atom. The molecule has 1 aromatic carbocycles. The number of nitrogen functional groups attached to an aromatic ring is 1. The van der Waals surface area contributed by atoms with Gasteiger partial charge in [-0.05, 0) is 25.1 Å². The van der Waals surface area contributed by atoms with Crippen molar-refractivity contribution in [2.24, 2.45) is 0 Å². The van der Waals surface area contributed by atoms with E-state index < -0.39 is 16.6 Å². The number of nitrogens with zero attached hydrogens (tertiary/aromatic N) is 1. The summed E-state index contributed by atoms with van der Waals surface area (Å²) in [4.78, 5) is 13.3. The van der Waals surface area contributed by atoms with E-state index in [9.17, 15) is 13.4 Å². The summed E-state index contributed by atoms with van der Waals surface area (Å²) in [5.74, 6) is -0.852. The second kappa shape index (κ2) is 5.77. The first kappa shape index (κ1) is 13.6. The summed E-state index contributed by atoms with van der Waals surface area (Å²) in [5.41, 5.74) is 5.66. The third-order valence-corrected chi connectivity index (χ3v) is 3.74. The molecule has 0 heterocycles. The minimum Gasteiger partial charge on any atom is -0.398 e. The van der Waals surface area contributed by atoms with Crippen LogP contribution in [0.15, 0.2) is 23.1 Å². The van der Waals surface area contributed by atoms with Gasteiger partial charge in [0.15, 0.2) is 0 Å². The third-order valence-electron chi connectivity index (χ3n) is 2.37. The minimum atomic E-state index is -1.54. The molecule has 1 amide bonds. The second-order valence-corrected chi connectivity index (χ2v) is 5.00. The van der Waals surface area contributed by atoms with Crippen molar-refractivity contribution in [1.29, 1.82) is 0 Å². The van der Waals surface area contributed by atoms with Gasteiger partial charge in [-0.15, -0.1) is 0 Å². The fourth-order valence-corrected chi connectivity index (χ4v) is 2.34. The zero-order valence-corrected chi connectivity index (χ0v) is 10.6. The average Bonchev–Trinajstić information content (AvgIpc) is 2.27. The highest BCUT2D eigenvalue weighted by molar-refractivity contribution is 7.86. The molecule has 0 aromatic heterocycles. The molecule has 94 valence electrons. The van der Waals surface area contributed by atoms with Crippen LogP contribution in [0.4, 0.5) is 10.1 Å². The van der Waals surface area contributed by atoms with Crippen LogP contribution in [-0.2, 0) is 15.6 Å². The predicted octanol–water partition coefficient (Wildman–Crippen LogP) is 0.994. The molecular weight excluding hydrogens is 243 g/mol. The third kappa shape index (κ3) is 3.52. The molecule has 1 aromatic rings. The van der Waals surface area contributed by atoms with Gasteiger partial charge in [0.2, 0.25) is 5.91 Å². The number of benzene rings is 1. The van der Waals surface area contributed by atoms with E-state index in [-0.39, 0.29) is 17.3 Å². The van der Waals surface area contributed by atoms with Gasteiger partial charge in [-0.3, -0.25) is 9.00 Å². The van der Waals surface area contributed by atoms with Gasteiger partial charge >= 0.3 is 0 Å². The summed E-state index contributed by atoms with van der Waals surface area (Å²) >= 11 is 0. The quantitative estimate of drug-likeness (QED) is 0.819. The molecule has 0 fully saturated rings. The van der Waals surface area contributed by atoms with Crippen LogP contribution in [0, 0.1) is 5.82 Å². The molecule has 1 unspecified atom stereocenters. The highest BCUT2D eigenvalue weighted by Crippen LogP contribution is 2.17. The standard InChI is InChI=1S/C11H15FN2O2S/c1-3-14(2)11(15)7-17(16)10-5-4-8(12)6-9(10)13/h4-6H,3,7,13H2,1-2H3. The lowest BCUT2D eigenvalue weighted by molar-refractivity contribution is -0.126. The predicted molar refractivity (Wildman–Crippen MR) is 65.4 cm³/mol. The number of amides is 1. The number of anilines is 1. The van der Waals surface area contributed by atoms with E-state index in [0.717, 1.165) is 6.07 Å². The van der Waals surface area contributed by atoms with Gasteiger partial charge in [0, 0.05) is 13.6 Å². The molecule has 1 rings (SSSR count). The van der Waals surface area contributed by atoms with E-state index >= 15 is 0 Å². The molecule has 2 N–H and O–H groups in total. The number of hydrogen-bond acceptors (Lipinski definition) is 3. The van der Waals surface area contributed by atoms with E-state index in [1.54, 1.807) is 7.05 Å². The van der Waals surface area contributed by atoms with Gasteiger partial charge in [-0.2, -0.15) is 0 Å². The van der Waals surface area contributed by atoms with E-state index in [0.29, 0.717) is 11.4 Å². The van der Waals surface area contributed by atoms with Crippen LogP contribution in [0.3, 0.4) is 0 Å². The lowest BCUT2D eigenvalue weighted by atomic mass is 10.3. The largest absolute Gasteiger partial charge is 0.398 e. The van der Waals surface area contributed by atoms with Gasteiger partial charge < -0.3 is 10.6 Å². The Bertz CT molecular complexity index is 451. The van der Waals surface area contributed by atoms with Crippen LogP contribution in [0.25, 0.3) is 0 Å². The maximum Gasteiger partial charge on any atom is 0.235 e. The zero-order chi connectivity index (χ0) is 13.0. The molecule has 1 atom stereocenters. The number of carbonyl (C=O) groups is 1. The average molecular weight is 258 g/mol. The number of nitrogens with two attached hydrogens (primary N) is 1. The molecule has 0 radical (unpaired) electrons. The molecule has 4 nitrogen and oxygen atoms in total. The van der Waals surface area contributed by atoms with Crippen LogP contribution in [0.1, 0.15) is 6.92 Å². The SMILES string of the molecule is CCN(C)C(=O)CS(=O)c1ccc(F)cc1N. The lowest BCUT2D eigenvalue weighted by Crippen LogP contribution is -2.30. The van der Waals surface area contributed by atoms with Crippen LogP contribution in [-0.4, -0.2) is 34.4 Å². The molecule has 0 aliphatic carbocycles. The summed E-state index contributed by atoms with van der Waals surface area (Å²) < 4.78 is 24.7. The molecule has 0 aliphatic rings. The summed E-state index contributed by atoms with van der Waals surface area (Å²) in [6.45, 7) is 2.38. The molecule has 0 saturated carbocycles. The highest BCUT2D eigenvalue weighted by atomic mass is 32.2. The first-order valence-electron chi connectivity index (χ1n) is 5.13. The maximum absolute atomic E-state index is 12.8. The number of hydrogen-bond donors (Lipinski definition) is 1. The molecule has 6 heteroatoms. The van der Waals surface area contributed by atoms with Crippen LogP contribution in [0.5, 0.6) is 0 Å². The van der Waals surface area contributed by atoms with E-state index in [1.165, 1.54) is 17.0 Å². The fourth-order valence-electron chi connectivity index (χ4n) is 1.20. The van der Waals surface area contributed by atoms with Gasteiger partial charge in [0.1, 0.15) is 11.6 Å². The monoisotopic (exact) mass is 258 g/mol. The summed E-state index contributed by atoms with van der Waals surface area (Å²) in [6.07, 6.45) is 0. The number of halogens is 1. The van der Waals surface area contributed by atoms with E-state index in [1.807, 2.05) is 6.92 Å². The molecule has 0 spiro atoms. The normalized spacial score (nSPS) is 12.2. The van der Waals surface area contributed by atoms with Crippen LogP contribution >= 0.6 is 0 Å². The van der Waals surface area contributed by atoms with Crippen molar-refractivity contribution in [3.05, 3.63) is 24.0 Å². The maximum atomic E-state index is 12.8. The van der Waals surface area contributed by atoms with Gasteiger partial charge in [0.05, 0.1) is 21.4 Å². The molecule has 0 saturated heterocycles. The Morgan fingerprint density at radius 3 is 2.71 bits per heavy atom. The molecule has 0 bridgehead atoms. The Hall–Kier alpha value is -1.43. The number of rotatable bonds is 4. The van der Waals surface area contributed by atoms with Crippen molar-refractivity contribution < 1.29 is 13.4 Å². The first-order chi connectivity index (χ1) is 7.95. The van der Waals surface area contributed by atoms with Gasteiger partial charge in [-0.25, -0.2) is 4.39 Å². The smallest absolute Gasteiger partial charge is 0.235 e. The van der Waals surface area contributed by atoms with Gasteiger partial charge in [0.25, 0.3) is 0 Å². The highest BCUT2D eigenvalue weighted by Gasteiger charge is 2.15. The minimum absolute atomic E-state index is 0.107. The van der Waals surface area contributed by atoms with Crippen molar-refractivity contribution in [3.63, 3.8) is 0 Å². The van der Waals surface area contributed by atoms with E-state index in [4.69, 9.17) is 5.73 Å². The summed E-state index contributed by atoms with van der Waals surface area (Å²) in [5, 5.41) is 0. The van der Waals surface area contributed by atoms with Crippen molar-refractivity contribution in [3.8, 4) is 0 Å². The zero-order valence-electron chi connectivity index (χ0n) is 9.77. The summed E-state index contributed by atoms with van der Waals surface area (Å²) in [7, 11) is 0.0941. The van der Waals surface area contributed by atoms with Crippen molar-refractivity contribution in [2.75, 3.05) is 25.1 Å². The van der Waals surface area contributed by atoms with Crippen molar-refractivity contribution in [1.82, 2.24) is 4.90 Å². The molecule has 0 aliphatic heterocycles. The first-order valence-corrected chi connectivity index (χ1v) is 6.45. The van der Waals surface area contributed by atoms with Crippen LogP contribution < -0.4 is 5.73 Å².